The van der Waals surface area contributed by atoms with Crippen molar-refractivity contribution in [1.29, 1.82) is 0 Å². The maximum absolute atomic E-state index is 12.9. The molecule has 1 heterocycles. The average Bonchev–Trinajstić information content (AvgIpc) is 3.45. The molecule has 8 nitrogen and oxygen atoms in total. The molecular formula is C28H23F3N4O4. The number of furan rings is 1. The zero-order chi connectivity index (χ0) is 27.8. The molecule has 0 aliphatic heterocycles. The Balaban J connectivity index is 1.27. The highest BCUT2D eigenvalue weighted by Gasteiger charge is 2.30. The van der Waals surface area contributed by atoms with Crippen molar-refractivity contribution in [2.75, 3.05) is 22.5 Å². The van der Waals surface area contributed by atoms with E-state index in [0.717, 1.165) is 12.1 Å². The summed E-state index contributed by atoms with van der Waals surface area (Å²) in [6.45, 7) is 0.133. The van der Waals surface area contributed by atoms with E-state index in [4.69, 9.17) is 4.42 Å². The van der Waals surface area contributed by atoms with Gasteiger partial charge < -0.3 is 25.7 Å². The molecule has 0 fully saturated rings. The molecule has 4 N–H and O–H groups in total. The Hall–Kier alpha value is -5.06. The lowest BCUT2D eigenvalue weighted by molar-refractivity contribution is -0.137. The molecule has 0 aliphatic rings. The van der Waals surface area contributed by atoms with Crippen LogP contribution in [0, 0.1) is 0 Å². The van der Waals surface area contributed by atoms with Gasteiger partial charge in [0.1, 0.15) is 5.76 Å². The normalized spacial score (nSPS) is 10.9. The Labute approximate surface area is 221 Å². The second-order valence-corrected chi connectivity index (χ2v) is 8.35. The zero-order valence-electron chi connectivity index (χ0n) is 20.3. The summed E-state index contributed by atoms with van der Waals surface area (Å²) >= 11 is 0. The number of amides is 3. The number of rotatable bonds is 9. The van der Waals surface area contributed by atoms with Crippen LogP contribution in [0.3, 0.4) is 0 Å². The molecule has 11 heteroatoms. The Morgan fingerprint density at radius 2 is 1.46 bits per heavy atom. The van der Waals surface area contributed by atoms with Crippen LogP contribution < -0.4 is 21.3 Å². The molecule has 0 atom stereocenters. The Morgan fingerprint density at radius 1 is 0.718 bits per heavy atom. The van der Waals surface area contributed by atoms with Crippen LogP contribution in [0.25, 0.3) is 0 Å². The number of nitrogens with one attached hydrogen (secondary N) is 4. The fraction of sp³-hybridized carbons (Fsp3) is 0.107. The highest BCUT2D eigenvalue weighted by atomic mass is 19.4. The molecule has 4 aromatic rings. The van der Waals surface area contributed by atoms with Crippen molar-refractivity contribution in [2.24, 2.45) is 0 Å². The van der Waals surface area contributed by atoms with Crippen LogP contribution in [0.1, 0.15) is 32.0 Å². The van der Waals surface area contributed by atoms with Gasteiger partial charge >= 0.3 is 6.18 Å². The summed E-state index contributed by atoms with van der Waals surface area (Å²) in [6.07, 6.45) is -3.01. The van der Waals surface area contributed by atoms with Crippen LogP contribution in [-0.4, -0.2) is 24.3 Å². The number of benzene rings is 3. The minimum Gasteiger partial charge on any atom is -0.467 e. The van der Waals surface area contributed by atoms with Crippen LogP contribution in [0.5, 0.6) is 0 Å². The second-order valence-electron chi connectivity index (χ2n) is 8.35. The molecular weight excluding hydrogens is 513 g/mol. The maximum atomic E-state index is 12.9. The zero-order valence-corrected chi connectivity index (χ0v) is 20.3. The summed E-state index contributed by atoms with van der Waals surface area (Å²) in [5.41, 5.74) is 0.693. The predicted molar refractivity (Wildman–Crippen MR) is 139 cm³/mol. The van der Waals surface area contributed by atoms with Gasteiger partial charge in [-0.25, -0.2) is 0 Å². The van der Waals surface area contributed by atoms with E-state index in [1.807, 2.05) is 0 Å². The summed E-state index contributed by atoms with van der Waals surface area (Å²) in [4.78, 5) is 37.2. The van der Waals surface area contributed by atoms with Gasteiger partial charge in [-0.05, 0) is 72.8 Å². The number of hydrogen-bond acceptors (Lipinski definition) is 5. The lowest BCUT2D eigenvalue weighted by atomic mass is 10.1. The van der Waals surface area contributed by atoms with Crippen molar-refractivity contribution in [1.82, 2.24) is 5.32 Å². The Kier molecular flexibility index (Phi) is 8.30. The van der Waals surface area contributed by atoms with Crippen molar-refractivity contribution in [2.45, 2.75) is 12.7 Å². The maximum Gasteiger partial charge on any atom is 0.416 e. The molecule has 4 rings (SSSR count). The molecule has 0 saturated heterocycles. The summed E-state index contributed by atoms with van der Waals surface area (Å²) in [6, 6.07) is 20.4. The smallest absolute Gasteiger partial charge is 0.416 e. The third-order valence-corrected chi connectivity index (χ3v) is 5.46. The van der Waals surface area contributed by atoms with Gasteiger partial charge in [0.2, 0.25) is 5.91 Å². The van der Waals surface area contributed by atoms with Gasteiger partial charge in [0, 0.05) is 28.2 Å². The van der Waals surface area contributed by atoms with Crippen molar-refractivity contribution >= 4 is 34.8 Å². The monoisotopic (exact) mass is 536 g/mol. The highest BCUT2D eigenvalue weighted by Crippen LogP contribution is 2.30. The van der Waals surface area contributed by atoms with E-state index in [0.29, 0.717) is 22.7 Å². The number of halogens is 3. The van der Waals surface area contributed by atoms with E-state index in [2.05, 4.69) is 21.3 Å². The average molecular weight is 537 g/mol. The van der Waals surface area contributed by atoms with Gasteiger partial charge in [-0.2, -0.15) is 13.2 Å². The second kappa shape index (κ2) is 12.0. The van der Waals surface area contributed by atoms with Crippen molar-refractivity contribution in [3.63, 3.8) is 0 Å². The van der Waals surface area contributed by atoms with Crippen LogP contribution in [0.2, 0.25) is 0 Å². The quantitative estimate of drug-likeness (QED) is 0.225. The molecule has 3 aromatic carbocycles. The van der Waals surface area contributed by atoms with Crippen LogP contribution in [0.15, 0.2) is 95.6 Å². The molecule has 200 valence electrons. The Morgan fingerprint density at radius 3 is 2.18 bits per heavy atom. The van der Waals surface area contributed by atoms with E-state index in [-0.39, 0.29) is 36.2 Å². The molecule has 3 amide bonds. The van der Waals surface area contributed by atoms with E-state index in [9.17, 15) is 27.6 Å². The molecule has 0 unspecified atom stereocenters. The lowest BCUT2D eigenvalue weighted by Crippen LogP contribution is -2.23. The van der Waals surface area contributed by atoms with Crippen LogP contribution in [-0.2, 0) is 17.5 Å². The number of anilines is 3. The standard InChI is InChI=1S/C28H23F3N4O4/c29-28(30,31)20-5-2-7-23(15-20)35-27(38)19-4-1-6-22(14-19)32-17-25(36)34-21-11-9-18(10-12-21)26(37)33-16-24-8-3-13-39-24/h1-15,32H,16-17H2,(H,33,37)(H,34,36)(H,35,38). The molecule has 0 aliphatic carbocycles. The molecule has 0 saturated carbocycles. The topological polar surface area (TPSA) is 112 Å². The lowest BCUT2D eigenvalue weighted by Gasteiger charge is -2.11. The van der Waals surface area contributed by atoms with Gasteiger partial charge in [0.15, 0.2) is 0 Å². The van der Waals surface area contributed by atoms with Crippen LogP contribution >= 0.6 is 0 Å². The van der Waals surface area contributed by atoms with Crippen molar-refractivity contribution in [3.05, 3.63) is 114 Å². The first kappa shape index (κ1) is 27.0. The van der Waals surface area contributed by atoms with Crippen molar-refractivity contribution in [3.8, 4) is 0 Å². The fourth-order valence-electron chi connectivity index (χ4n) is 3.52. The molecule has 0 bridgehead atoms. The summed E-state index contributed by atoms with van der Waals surface area (Å²) in [5.74, 6) is -0.635. The summed E-state index contributed by atoms with van der Waals surface area (Å²) in [5, 5.41) is 10.8. The van der Waals surface area contributed by atoms with Gasteiger partial charge in [0.05, 0.1) is 24.9 Å². The van der Waals surface area contributed by atoms with Crippen LogP contribution in [0.4, 0.5) is 30.2 Å². The molecule has 0 spiro atoms. The number of carbonyl (C=O) groups is 3. The minimum atomic E-state index is -4.53. The summed E-state index contributed by atoms with van der Waals surface area (Å²) in [7, 11) is 0. The summed E-state index contributed by atoms with van der Waals surface area (Å²) < 4.78 is 43.9. The fourth-order valence-corrected chi connectivity index (χ4v) is 3.52. The van der Waals surface area contributed by atoms with Gasteiger partial charge in [0.25, 0.3) is 11.8 Å². The largest absolute Gasteiger partial charge is 0.467 e. The van der Waals surface area contributed by atoms with Gasteiger partial charge in [-0.1, -0.05) is 12.1 Å². The first-order chi connectivity index (χ1) is 18.7. The first-order valence-electron chi connectivity index (χ1n) is 11.7. The minimum absolute atomic E-state index is 0.00795. The van der Waals surface area contributed by atoms with E-state index >= 15 is 0 Å². The van der Waals surface area contributed by atoms with E-state index in [1.54, 1.807) is 48.5 Å². The van der Waals surface area contributed by atoms with Crippen molar-refractivity contribution < 1.29 is 32.0 Å². The molecule has 0 radical (unpaired) electrons. The number of hydrogen-bond donors (Lipinski definition) is 4. The van der Waals surface area contributed by atoms with E-state index < -0.39 is 17.6 Å². The third kappa shape index (κ3) is 7.71. The van der Waals surface area contributed by atoms with Gasteiger partial charge in [-0.3, -0.25) is 14.4 Å². The highest BCUT2D eigenvalue weighted by molar-refractivity contribution is 6.05. The molecule has 1 aromatic heterocycles. The van der Waals surface area contributed by atoms with E-state index in [1.165, 1.54) is 30.5 Å². The van der Waals surface area contributed by atoms with Gasteiger partial charge in [-0.15, -0.1) is 0 Å². The number of alkyl halides is 3. The third-order valence-electron chi connectivity index (χ3n) is 5.46. The Bertz CT molecular complexity index is 1450. The molecule has 39 heavy (non-hydrogen) atoms. The number of carbonyl (C=O) groups excluding carboxylic acids is 3. The SMILES string of the molecule is O=C(CNc1cccc(C(=O)Nc2cccc(C(F)(F)F)c2)c1)Nc1ccc(C(=O)NCc2ccco2)cc1. The first-order valence-corrected chi connectivity index (χ1v) is 11.7. The predicted octanol–water partition coefficient (Wildman–Crippen LogP) is 5.53.